The Morgan fingerprint density at radius 3 is 2.86 bits per heavy atom. The summed E-state index contributed by atoms with van der Waals surface area (Å²) in [6.45, 7) is 1.80. The zero-order chi connectivity index (χ0) is 10.1. The highest BCUT2D eigenvalue weighted by atomic mass is 16.5. The molecule has 0 atom stereocenters. The Kier molecular flexibility index (Phi) is 1.96. The first-order valence-corrected chi connectivity index (χ1v) is 4.21. The fraction of sp³-hybridized carbons (Fsp3) is 0.200. The quantitative estimate of drug-likeness (QED) is 0.742. The van der Waals surface area contributed by atoms with Crippen LogP contribution in [0.25, 0.3) is 11.0 Å². The molecule has 4 nitrogen and oxygen atoms in total. The maximum absolute atomic E-state index is 9.44. The van der Waals surface area contributed by atoms with Gasteiger partial charge in [-0.2, -0.15) is 0 Å². The summed E-state index contributed by atoms with van der Waals surface area (Å²) in [6.07, 6.45) is 1.42. The number of aromatic hydroxyl groups is 1. The van der Waals surface area contributed by atoms with Gasteiger partial charge in [0.25, 0.3) is 0 Å². The molecule has 2 aromatic heterocycles. The number of nitrogens with zero attached hydrogens (tertiary/aromatic N) is 2. The number of pyridine rings is 2. The molecule has 0 aliphatic rings. The Bertz CT molecular complexity index is 483. The monoisotopic (exact) mass is 190 g/mol. The lowest BCUT2D eigenvalue weighted by Crippen LogP contribution is -1.91. The van der Waals surface area contributed by atoms with Crippen molar-refractivity contribution in [2.45, 2.75) is 6.92 Å². The Balaban J connectivity index is 2.78. The average molecular weight is 190 g/mol. The number of rotatable bonds is 1. The summed E-state index contributed by atoms with van der Waals surface area (Å²) in [5.41, 5.74) is 2.14. The normalized spacial score (nSPS) is 10.4. The van der Waals surface area contributed by atoms with Gasteiger partial charge in [0.1, 0.15) is 5.75 Å². The SMILES string of the molecule is COc1ccc2ncc(O)c(C)c2n1. The molecule has 14 heavy (non-hydrogen) atoms. The summed E-state index contributed by atoms with van der Waals surface area (Å²) in [7, 11) is 1.56. The van der Waals surface area contributed by atoms with Gasteiger partial charge in [-0.3, -0.25) is 4.98 Å². The second-order valence-electron chi connectivity index (χ2n) is 2.99. The van der Waals surface area contributed by atoms with Crippen LogP contribution in [-0.2, 0) is 0 Å². The summed E-state index contributed by atoms with van der Waals surface area (Å²) >= 11 is 0. The molecule has 0 aliphatic heterocycles. The predicted molar refractivity (Wildman–Crippen MR) is 52.5 cm³/mol. The highest BCUT2D eigenvalue weighted by Gasteiger charge is 2.05. The number of hydrogen-bond donors (Lipinski definition) is 1. The number of fused-ring (bicyclic) bond motifs is 1. The van der Waals surface area contributed by atoms with Gasteiger partial charge in [0.2, 0.25) is 5.88 Å². The smallest absolute Gasteiger partial charge is 0.213 e. The van der Waals surface area contributed by atoms with Crippen LogP contribution in [0, 0.1) is 6.92 Å². The number of aromatic nitrogens is 2. The number of methoxy groups -OCH3 is 1. The zero-order valence-electron chi connectivity index (χ0n) is 7.98. The lowest BCUT2D eigenvalue weighted by molar-refractivity contribution is 0.399. The first kappa shape index (κ1) is 8.74. The standard InChI is InChI=1S/C10H10N2O2/c1-6-8(13)5-11-7-3-4-9(14-2)12-10(6)7/h3-5,13H,1-2H3. The molecule has 0 aromatic carbocycles. The molecule has 1 N–H and O–H groups in total. The highest BCUT2D eigenvalue weighted by molar-refractivity contribution is 5.79. The van der Waals surface area contributed by atoms with Crippen molar-refractivity contribution < 1.29 is 9.84 Å². The van der Waals surface area contributed by atoms with E-state index in [-0.39, 0.29) is 5.75 Å². The van der Waals surface area contributed by atoms with Crippen molar-refractivity contribution in [3.05, 3.63) is 23.9 Å². The third-order valence-electron chi connectivity index (χ3n) is 2.12. The number of aryl methyl sites for hydroxylation is 1. The maximum Gasteiger partial charge on any atom is 0.213 e. The zero-order valence-corrected chi connectivity index (χ0v) is 7.98. The minimum Gasteiger partial charge on any atom is -0.506 e. The molecule has 72 valence electrons. The minimum absolute atomic E-state index is 0.151. The lowest BCUT2D eigenvalue weighted by atomic mass is 10.2. The van der Waals surface area contributed by atoms with E-state index in [0.717, 1.165) is 5.52 Å². The van der Waals surface area contributed by atoms with Gasteiger partial charge in [-0.05, 0) is 13.0 Å². The summed E-state index contributed by atoms with van der Waals surface area (Å²) in [6, 6.07) is 3.55. The van der Waals surface area contributed by atoms with E-state index in [2.05, 4.69) is 9.97 Å². The van der Waals surface area contributed by atoms with E-state index in [1.807, 2.05) is 6.07 Å². The fourth-order valence-corrected chi connectivity index (χ4v) is 1.28. The molecule has 0 saturated heterocycles. The van der Waals surface area contributed by atoms with Gasteiger partial charge in [0.15, 0.2) is 0 Å². The van der Waals surface area contributed by atoms with E-state index in [0.29, 0.717) is 17.0 Å². The predicted octanol–water partition coefficient (Wildman–Crippen LogP) is 1.65. The maximum atomic E-state index is 9.44. The van der Waals surface area contributed by atoms with Crippen LogP contribution in [0.5, 0.6) is 11.6 Å². The summed E-state index contributed by atoms with van der Waals surface area (Å²) in [5.74, 6) is 0.672. The van der Waals surface area contributed by atoms with Crippen LogP contribution in [-0.4, -0.2) is 22.2 Å². The molecule has 0 saturated carbocycles. The number of ether oxygens (including phenoxy) is 1. The molecule has 0 radical (unpaired) electrons. The molecule has 2 rings (SSSR count). The van der Waals surface area contributed by atoms with Gasteiger partial charge in [-0.25, -0.2) is 4.98 Å². The molecule has 0 amide bonds. The van der Waals surface area contributed by atoms with Crippen LogP contribution in [0.1, 0.15) is 5.56 Å². The summed E-state index contributed by atoms with van der Waals surface area (Å²) < 4.78 is 5.00. The van der Waals surface area contributed by atoms with E-state index in [1.165, 1.54) is 6.20 Å². The fourth-order valence-electron chi connectivity index (χ4n) is 1.28. The van der Waals surface area contributed by atoms with Gasteiger partial charge < -0.3 is 9.84 Å². The van der Waals surface area contributed by atoms with Gasteiger partial charge >= 0.3 is 0 Å². The van der Waals surface area contributed by atoms with Crippen molar-refractivity contribution >= 4 is 11.0 Å². The third-order valence-corrected chi connectivity index (χ3v) is 2.12. The van der Waals surface area contributed by atoms with Crippen molar-refractivity contribution in [2.24, 2.45) is 0 Å². The van der Waals surface area contributed by atoms with Gasteiger partial charge in [-0.15, -0.1) is 0 Å². The Morgan fingerprint density at radius 1 is 1.36 bits per heavy atom. The largest absolute Gasteiger partial charge is 0.506 e. The molecule has 0 aliphatic carbocycles. The topological polar surface area (TPSA) is 55.2 Å². The first-order chi connectivity index (χ1) is 6.72. The van der Waals surface area contributed by atoms with Gasteiger partial charge in [0.05, 0.1) is 24.3 Å². The van der Waals surface area contributed by atoms with Crippen LogP contribution in [0.15, 0.2) is 18.3 Å². The van der Waals surface area contributed by atoms with Crippen LogP contribution in [0.2, 0.25) is 0 Å². The van der Waals surface area contributed by atoms with E-state index in [9.17, 15) is 5.11 Å². The van der Waals surface area contributed by atoms with Crippen LogP contribution >= 0.6 is 0 Å². The highest BCUT2D eigenvalue weighted by Crippen LogP contribution is 2.23. The Labute approximate surface area is 81.2 Å². The molecule has 2 aromatic rings. The molecule has 0 spiro atoms. The molecule has 4 heteroatoms. The van der Waals surface area contributed by atoms with E-state index in [1.54, 1.807) is 20.1 Å². The van der Waals surface area contributed by atoms with Gasteiger partial charge in [0, 0.05) is 11.6 Å². The lowest BCUT2D eigenvalue weighted by Gasteiger charge is -2.04. The van der Waals surface area contributed by atoms with Crippen molar-refractivity contribution in [3.63, 3.8) is 0 Å². The second-order valence-corrected chi connectivity index (χ2v) is 2.99. The van der Waals surface area contributed by atoms with E-state index >= 15 is 0 Å². The molecule has 0 bridgehead atoms. The van der Waals surface area contributed by atoms with Crippen molar-refractivity contribution in [2.75, 3.05) is 7.11 Å². The minimum atomic E-state index is 0.151. The average Bonchev–Trinajstić information content (AvgIpc) is 2.23. The van der Waals surface area contributed by atoms with Crippen molar-refractivity contribution in [1.29, 1.82) is 0 Å². The molecule has 0 unspecified atom stereocenters. The summed E-state index contributed by atoms with van der Waals surface area (Å²) in [5, 5.41) is 9.44. The Morgan fingerprint density at radius 2 is 2.14 bits per heavy atom. The van der Waals surface area contributed by atoms with E-state index < -0.39 is 0 Å². The van der Waals surface area contributed by atoms with Crippen LogP contribution in [0.4, 0.5) is 0 Å². The van der Waals surface area contributed by atoms with Gasteiger partial charge in [-0.1, -0.05) is 0 Å². The van der Waals surface area contributed by atoms with Crippen LogP contribution < -0.4 is 4.74 Å². The summed E-state index contributed by atoms with van der Waals surface area (Å²) in [4.78, 5) is 8.26. The van der Waals surface area contributed by atoms with Crippen molar-refractivity contribution in [1.82, 2.24) is 9.97 Å². The second kappa shape index (κ2) is 3.14. The number of hydrogen-bond acceptors (Lipinski definition) is 4. The molecule has 0 fully saturated rings. The van der Waals surface area contributed by atoms with E-state index in [4.69, 9.17) is 4.74 Å². The van der Waals surface area contributed by atoms with Crippen LogP contribution in [0.3, 0.4) is 0 Å². The molecular formula is C10H10N2O2. The molecule has 2 heterocycles. The third kappa shape index (κ3) is 1.25. The first-order valence-electron chi connectivity index (χ1n) is 4.21. The Hall–Kier alpha value is -1.84. The van der Waals surface area contributed by atoms with Crippen molar-refractivity contribution in [3.8, 4) is 11.6 Å². The molecular weight excluding hydrogens is 180 g/mol.